The third-order valence-corrected chi connectivity index (χ3v) is 5.46. The molecule has 29 heavy (non-hydrogen) atoms. The molecule has 0 spiro atoms. The lowest BCUT2D eigenvalue weighted by molar-refractivity contribution is -0.124. The molecule has 8 nitrogen and oxygen atoms in total. The number of aromatic amines is 1. The molecule has 1 saturated heterocycles. The molecule has 156 valence electrons. The summed E-state index contributed by atoms with van der Waals surface area (Å²) >= 11 is 0. The molecule has 2 N–H and O–H groups in total. The lowest BCUT2D eigenvalue weighted by Gasteiger charge is -2.39. The number of aryl methyl sites for hydroxylation is 2. The molecule has 1 aliphatic rings. The van der Waals surface area contributed by atoms with Crippen molar-refractivity contribution in [1.82, 2.24) is 20.4 Å². The first-order chi connectivity index (χ1) is 13.9. The largest absolute Gasteiger partial charge is 0.497 e. The molecule has 1 fully saturated rings. The highest BCUT2D eigenvalue weighted by atomic mass is 16.5. The van der Waals surface area contributed by atoms with Crippen LogP contribution in [0.25, 0.3) is 0 Å². The molecule has 1 aromatic heterocycles. The van der Waals surface area contributed by atoms with Gasteiger partial charge in [-0.05, 0) is 63.4 Å². The van der Waals surface area contributed by atoms with Crippen LogP contribution in [0.15, 0.2) is 24.3 Å². The van der Waals surface area contributed by atoms with Crippen molar-refractivity contribution in [3.05, 3.63) is 41.2 Å². The van der Waals surface area contributed by atoms with Crippen molar-refractivity contribution < 1.29 is 14.3 Å². The molecule has 1 aliphatic heterocycles. The van der Waals surface area contributed by atoms with Crippen LogP contribution in [0.3, 0.4) is 0 Å². The fourth-order valence-corrected chi connectivity index (χ4v) is 3.67. The number of benzene rings is 1. The summed E-state index contributed by atoms with van der Waals surface area (Å²) in [5, 5.41) is 10.1. The Bertz CT molecular complexity index is 842. The average molecular weight is 399 g/mol. The molecule has 2 aromatic rings. The number of nitrogens with zero attached hydrogens (tertiary/aromatic N) is 3. The quantitative estimate of drug-likeness (QED) is 0.730. The molecule has 0 unspecified atom stereocenters. The van der Waals surface area contributed by atoms with Gasteiger partial charge in [-0.3, -0.25) is 9.89 Å². The number of hydrogen-bond acceptors (Lipinski definition) is 4. The Balaban J connectivity index is 1.51. The van der Waals surface area contributed by atoms with Gasteiger partial charge in [0.1, 0.15) is 11.8 Å². The Hall–Kier alpha value is -3.03. The van der Waals surface area contributed by atoms with Crippen LogP contribution in [-0.4, -0.2) is 59.8 Å². The molecule has 0 radical (unpaired) electrons. The van der Waals surface area contributed by atoms with E-state index < -0.39 is 6.04 Å². The maximum atomic E-state index is 12.8. The first kappa shape index (κ1) is 20.7. The Morgan fingerprint density at radius 3 is 2.62 bits per heavy atom. The zero-order valence-electron chi connectivity index (χ0n) is 17.5. The van der Waals surface area contributed by atoms with Crippen LogP contribution in [0.4, 0.5) is 10.5 Å². The van der Waals surface area contributed by atoms with Crippen molar-refractivity contribution in [2.75, 3.05) is 31.6 Å². The van der Waals surface area contributed by atoms with Gasteiger partial charge in [-0.1, -0.05) is 0 Å². The van der Waals surface area contributed by atoms with Gasteiger partial charge in [-0.25, -0.2) is 4.79 Å². The second-order valence-electron chi connectivity index (χ2n) is 7.31. The van der Waals surface area contributed by atoms with Crippen molar-refractivity contribution in [3.63, 3.8) is 0 Å². The Morgan fingerprint density at radius 1 is 1.28 bits per heavy atom. The molecule has 0 saturated carbocycles. The Morgan fingerprint density at radius 2 is 2.00 bits per heavy atom. The molecule has 1 atom stereocenters. The fourth-order valence-electron chi connectivity index (χ4n) is 3.67. The van der Waals surface area contributed by atoms with E-state index in [9.17, 15) is 9.59 Å². The van der Waals surface area contributed by atoms with Crippen LogP contribution in [0.1, 0.15) is 30.3 Å². The monoisotopic (exact) mass is 399 g/mol. The Kier molecular flexibility index (Phi) is 6.41. The van der Waals surface area contributed by atoms with Crippen LogP contribution >= 0.6 is 0 Å². The summed E-state index contributed by atoms with van der Waals surface area (Å²) in [4.78, 5) is 28.7. The topological polar surface area (TPSA) is 90.6 Å². The van der Waals surface area contributed by atoms with E-state index in [1.54, 1.807) is 23.8 Å². The van der Waals surface area contributed by atoms with Gasteiger partial charge in [-0.15, -0.1) is 0 Å². The van der Waals surface area contributed by atoms with Gasteiger partial charge in [0.15, 0.2) is 0 Å². The zero-order chi connectivity index (χ0) is 21.0. The van der Waals surface area contributed by atoms with E-state index >= 15 is 0 Å². The number of amides is 3. The summed E-state index contributed by atoms with van der Waals surface area (Å²) in [7, 11) is 1.61. The highest BCUT2D eigenvalue weighted by molar-refractivity contribution is 6.00. The minimum absolute atomic E-state index is 0.0822. The fraction of sp³-hybridized carbons (Fsp3) is 0.476. The summed E-state index contributed by atoms with van der Waals surface area (Å²) in [6, 6.07) is 6.68. The van der Waals surface area contributed by atoms with Gasteiger partial charge < -0.3 is 19.9 Å². The van der Waals surface area contributed by atoms with Crippen LogP contribution in [-0.2, 0) is 11.2 Å². The number of nitrogens with one attached hydrogen (secondary N) is 2. The van der Waals surface area contributed by atoms with E-state index in [4.69, 9.17) is 4.74 Å². The number of ether oxygens (including phenoxy) is 1. The average Bonchev–Trinajstić information content (AvgIpc) is 3.05. The van der Waals surface area contributed by atoms with Crippen molar-refractivity contribution in [2.24, 2.45) is 0 Å². The number of methoxy groups -OCH3 is 1. The minimum atomic E-state index is -0.510. The van der Waals surface area contributed by atoms with Crippen molar-refractivity contribution in [3.8, 4) is 5.75 Å². The number of rotatable bonds is 6. The van der Waals surface area contributed by atoms with E-state index in [-0.39, 0.29) is 11.9 Å². The number of piperazine rings is 1. The molecular formula is C21H29N5O3. The van der Waals surface area contributed by atoms with Gasteiger partial charge in [0.05, 0.1) is 12.8 Å². The highest BCUT2D eigenvalue weighted by Gasteiger charge is 2.34. The number of anilines is 1. The van der Waals surface area contributed by atoms with Gasteiger partial charge in [0, 0.05) is 31.0 Å². The lowest BCUT2D eigenvalue weighted by Crippen LogP contribution is -2.59. The van der Waals surface area contributed by atoms with Gasteiger partial charge >= 0.3 is 6.03 Å². The summed E-state index contributed by atoms with van der Waals surface area (Å²) in [5.74, 6) is 0.661. The Labute approximate surface area is 171 Å². The minimum Gasteiger partial charge on any atom is -0.497 e. The highest BCUT2D eigenvalue weighted by Crippen LogP contribution is 2.23. The third-order valence-electron chi connectivity index (χ3n) is 5.46. The molecule has 1 aromatic carbocycles. The van der Waals surface area contributed by atoms with E-state index in [1.165, 1.54) is 5.56 Å². The van der Waals surface area contributed by atoms with E-state index in [0.717, 1.165) is 35.7 Å². The summed E-state index contributed by atoms with van der Waals surface area (Å²) in [6.07, 6.45) is 1.68. The number of urea groups is 1. The van der Waals surface area contributed by atoms with E-state index in [2.05, 4.69) is 15.5 Å². The molecule has 3 amide bonds. The normalized spacial score (nSPS) is 16.8. The van der Waals surface area contributed by atoms with E-state index in [1.807, 2.05) is 38.1 Å². The number of carbonyl (C=O) groups excluding carboxylic acids is 2. The number of aromatic nitrogens is 2. The second-order valence-corrected chi connectivity index (χ2v) is 7.31. The van der Waals surface area contributed by atoms with Gasteiger partial charge in [-0.2, -0.15) is 5.10 Å². The third kappa shape index (κ3) is 4.52. The molecule has 0 bridgehead atoms. The number of hydrogen-bond donors (Lipinski definition) is 2. The van der Waals surface area contributed by atoms with Crippen LogP contribution < -0.4 is 15.0 Å². The van der Waals surface area contributed by atoms with Crippen LogP contribution in [0.2, 0.25) is 0 Å². The zero-order valence-corrected chi connectivity index (χ0v) is 17.5. The van der Waals surface area contributed by atoms with Crippen molar-refractivity contribution >= 4 is 17.6 Å². The summed E-state index contributed by atoms with van der Waals surface area (Å²) in [5.41, 5.74) is 4.09. The first-order valence-corrected chi connectivity index (χ1v) is 9.92. The maximum Gasteiger partial charge on any atom is 0.318 e. The predicted molar refractivity (Wildman–Crippen MR) is 111 cm³/mol. The SMILES string of the molecule is COc1ccc(N2CCN(C(=O)NCCCc3c(C)n[nH]c3C)[C@@H](C)C2=O)cc1. The standard InChI is InChI=1S/C21H29N5O3/c1-14-19(15(2)24-23-14)6-5-11-22-21(28)25-12-13-26(20(27)16(25)3)17-7-9-18(29-4)10-8-17/h7-10,16H,5-6,11-13H2,1-4H3,(H,22,28)(H,23,24)/t16-/m0/s1. The van der Waals surface area contributed by atoms with Gasteiger partial charge in [0.2, 0.25) is 5.91 Å². The van der Waals surface area contributed by atoms with Gasteiger partial charge in [0.25, 0.3) is 0 Å². The smallest absolute Gasteiger partial charge is 0.318 e. The predicted octanol–water partition coefficient (Wildman–Crippen LogP) is 2.41. The van der Waals surface area contributed by atoms with Crippen molar-refractivity contribution in [2.45, 2.75) is 39.7 Å². The lowest BCUT2D eigenvalue weighted by atomic mass is 10.1. The molecule has 3 rings (SSSR count). The van der Waals surface area contributed by atoms with Crippen LogP contribution in [0, 0.1) is 13.8 Å². The molecule has 0 aliphatic carbocycles. The molecular weight excluding hydrogens is 370 g/mol. The summed E-state index contributed by atoms with van der Waals surface area (Å²) < 4.78 is 5.17. The van der Waals surface area contributed by atoms with Crippen molar-refractivity contribution in [1.29, 1.82) is 0 Å². The second kappa shape index (κ2) is 8.98. The number of H-pyrrole nitrogens is 1. The first-order valence-electron chi connectivity index (χ1n) is 9.92. The van der Waals surface area contributed by atoms with E-state index in [0.29, 0.717) is 19.6 Å². The molecule has 8 heteroatoms. The number of carbonyl (C=O) groups is 2. The summed E-state index contributed by atoms with van der Waals surface area (Å²) in [6.45, 7) is 7.27. The van der Waals surface area contributed by atoms with Crippen LogP contribution in [0.5, 0.6) is 5.75 Å². The molecule has 2 heterocycles. The maximum absolute atomic E-state index is 12.8.